The number of nitrogens with zero attached hydrogens (tertiary/aromatic N) is 1. The predicted octanol–water partition coefficient (Wildman–Crippen LogP) is 2.50. The highest BCUT2D eigenvalue weighted by molar-refractivity contribution is 6.05. The van der Waals surface area contributed by atoms with Gasteiger partial charge in [-0.3, -0.25) is 9.59 Å². The summed E-state index contributed by atoms with van der Waals surface area (Å²) < 4.78 is 45.4. The highest BCUT2D eigenvalue weighted by Crippen LogP contribution is 2.37. The van der Waals surface area contributed by atoms with Crippen molar-refractivity contribution in [3.8, 4) is 0 Å². The smallest absolute Gasteiger partial charge is 0.385 e. The maximum absolute atomic E-state index is 13.4. The molecule has 4 rings (SSSR count). The third-order valence-electron chi connectivity index (χ3n) is 5.17. The Morgan fingerprint density at radius 1 is 1.28 bits per heavy atom. The molecule has 0 spiro atoms. The lowest BCUT2D eigenvalue weighted by atomic mass is 10.1. The molecule has 11 heteroatoms. The third kappa shape index (κ3) is 3.99. The van der Waals surface area contributed by atoms with E-state index in [1.165, 1.54) is 12.1 Å². The topological polar surface area (TPSA) is 121 Å². The summed E-state index contributed by atoms with van der Waals surface area (Å²) in [6.07, 6.45) is -6.63. The number of aliphatic hydroxyl groups is 1. The van der Waals surface area contributed by atoms with E-state index in [2.05, 4.69) is 10.3 Å². The second-order valence-electron chi connectivity index (χ2n) is 7.23. The van der Waals surface area contributed by atoms with Gasteiger partial charge in [-0.15, -0.1) is 0 Å². The van der Waals surface area contributed by atoms with Crippen LogP contribution in [0.15, 0.2) is 48.7 Å². The van der Waals surface area contributed by atoms with Gasteiger partial charge in [0.2, 0.25) is 0 Å². The summed E-state index contributed by atoms with van der Waals surface area (Å²) in [5.74, 6) is -1.42. The van der Waals surface area contributed by atoms with Gasteiger partial charge in [-0.2, -0.15) is 13.2 Å². The average Bonchev–Trinajstić information content (AvgIpc) is 3.13. The van der Waals surface area contributed by atoms with Crippen LogP contribution in [0, 0.1) is 0 Å². The number of nitrogens with one attached hydrogen (secondary N) is 2. The first kappa shape index (κ1) is 21.7. The van der Waals surface area contributed by atoms with E-state index in [1.807, 2.05) is 0 Å². The maximum Gasteiger partial charge on any atom is 0.418 e. The number of hydrogen-bond acceptors (Lipinski definition) is 5. The number of alkyl halides is 3. The normalized spacial score (nSPS) is 18.1. The van der Waals surface area contributed by atoms with E-state index in [0.29, 0.717) is 11.5 Å². The predicted molar refractivity (Wildman–Crippen MR) is 111 cm³/mol. The molecule has 1 fully saturated rings. The summed E-state index contributed by atoms with van der Waals surface area (Å²) in [4.78, 5) is 29.1. The zero-order chi connectivity index (χ0) is 23.0. The van der Waals surface area contributed by atoms with Crippen molar-refractivity contribution in [2.45, 2.75) is 18.4 Å². The van der Waals surface area contributed by atoms with Crippen LogP contribution < -0.4 is 16.0 Å². The molecule has 1 saturated heterocycles. The third-order valence-corrected chi connectivity index (χ3v) is 5.17. The van der Waals surface area contributed by atoms with Crippen LogP contribution in [-0.2, 0) is 20.5 Å². The number of hydrogen-bond donors (Lipinski definition) is 4. The number of nitrogens with two attached hydrogens (primary N) is 1. The molecular formula is C21H19F3N4O4. The number of aromatic nitrogens is 1. The van der Waals surface area contributed by atoms with Crippen LogP contribution in [-0.4, -0.2) is 47.3 Å². The van der Waals surface area contributed by atoms with Crippen molar-refractivity contribution >= 4 is 39.8 Å². The molecule has 0 aliphatic carbocycles. The summed E-state index contributed by atoms with van der Waals surface area (Å²) in [5.41, 5.74) is 4.76. The molecule has 32 heavy (non-hydrogen) atoms. The van der Waals surface area contributed by atoms with Gasteiger partial charge in [-0.05, 0) is 30.3 Å². The number of para-hydroxylation sites is 1. The Kier molecular flexibility index (Phi) is 5.53. The fourth-order valence-corrected chi connectivity index (χ4v) is 3.61. The first-order valence-electron chi connectivity index (χ1n) is 9.61. The van der Waals surface area contributed by atoms with Gasteiger partial charge in [-0.25, -0.2) is 0 Å². The van der Waals surface area contributed by atoms with E-state index < -0.39 is 35.8 Å². The van der Waals surface area contributed by atoms with Crippen LogP contribution in [0.1, 0.15) is 5.56 Å². The SMILES string of the molecule is Nc1[nH]cc2cc(NC(=O)[C@H](O)[C@H]3OCCN(c4ccccc4C(F)(F)F)C3=O)ccc12. The number of aliphatic hydroxyl groups excluding tert-OH is 1. The van der Waals surface area contributed by atoms with Gasteiger partial charge >= 0.3 is 6.18 Å². The lowest BCUT2D eigenvalue weighted by molar-refractivity contribution is -0.150. The summed E-state index contributed by atoms with van der Waals surface area (Å²) in [6, 6.07) is 9.45. The average molecular weight is 448 g/mol. The van der Waals surface area contributed by atoms with E-state index >= 15 is 0 Å². The number of anilines is 3. The van der Waals surface area contributed by atoms with Gasteiger partial charge in [-0.1, -0.05) is 12.1 Å². The second-order valence-corrected chi connectivity index (χ2v) is 7.23. The van der Waals surface area contributed by atoms with Crippen LogP contribution >= 0.6 is 0 Å². The van der Waals surface area contributed by atoms with Crippen molar-refractivity contribution in [3.63, 3.8) is 0 Å². The van der Waals surface area contributed by atoms with E-state index in [1.54, 1.807) is 24.4 Å². The minimum Gasteiger partial charge on any atom is -0.385 e. The second kappa shape index (κ2) is 8.17. The summed E-state index contributed by atoms with van der Waals surface area (Å²) in [6.45, 7) is -0.302. The van der Waals surface area contributed by atoms with Crippen molar-refractivity contribution in [2.24, 2.45) is 0 Å². The number of H-pyrrole nitrogens is 1. The summed E-state index contributed by atoms with van der Waals surface area (Å²) in [5, 5.41) is 14.4. The number of benzene rings is 2. The molecule has 3 aromatic rings. The first-order chi connectivity index (χ1) is 15.2. The Labute approximate surface area is 179 Å². The molecule has 2 amide bonds. The fraction of sp³-hybridized carbons (Fsp3) is 0.238. The summed E-state index contributed by atoms with van der Waals surface area (Å²) in [7, 11) is 0. The minimum atomic E-state index is -4.68. The van der Waals surface area contributed by atoms with E-state index in [0.717, 1.165) is 27.8 Å². The van der Waals surface area contributed by atoms with Crippen LogP contribution in [0.4, 0.5) is 30.4 Å². The van der Waals surface area contributed by atoms with E-state index in [4.69, 9.17) is 10.5 Å². The van der Waals surface area contributed by atoms with E-state index in [9.17, 15) is 27.9 Å². The van der Waals surface area contributed by atoms with Gasteiger partial charge in [0.1, 0.15) is 5.82 Å². The Balaban J connectivity index is 1.53. The molecule has 168 valence electrons. The molecule has 1 aliphatic rings. The number of carbonyl (C=O) groups excluding carboxylic acids is 2. The van der Waals surface area contributed by atoms with Crippen molar-refractivity contribution in [1.29, 1.82) is 0 Å². The van der Waals surface area contributed by atoms with Crippen LogP contribution in [0.5, 0.6) is 0 Å². The molecule has 0 bridgehead atoms. The zero-order valence-corrected chi connectivity index (χ0v) is 16.5. The Morgan fingerprint density at radius 2 is 2.03 bits per heavy atom. The van der Waals surface area contributed by atoms with Gasteiger partial charge in [0.05, 0.1) is 17.9 Å². The number of halogens is 3. The lowest BCUT2D eigenvalue weighted by Crippen LogP contribution is -2.55. The minimum absolute atomic E-state index is 0.150. The molecule has 1 aliphatic heterocycles. The standard InChI is InChI=1S/C21H19F3N4O4/c22-21(23,24)14-3-1-2-4-15(14)28-7-8-32-17(20(28)31)16(29)19(30)27-12-5-6-13-11(9-12)10-26-18(13)25/h1-6,9-10,16-17,26,29H,7-8,25H2,(H,27,30)/t16-,17-/m1/s1. The molecule has 0 radical (unpaired) electrons. The number of aromatic amines is 1. The van der Waals surface area contributed by atoms with Crippen molar-refractivity contribution in [3.05, 3.63) is 54.2 Å². The molecule has 2 aromatic carbocycles. The number of nitrogen functional groups attached to an aromatic ring is 1. The highest BCUT2D eigenvalue weighted by atomic mass is 19.4. The fourth-order valence-electron chi connectivity index (χ4n) is 3.61. The maximum atomic E-state index is 13.4. The van der Waals surface area contributed by atoms with Crippen LogP contribution in [0.2, 0.25) is 0 Å². The highest BCUT2D eigenvalue weighted by Gasteiger charge is 2.42. The number of morpholine rings is 1. The molecule has 0 unspecified atom stereocenters. The summed E-state index contributed by atoms with van der Waals surface area (Å²) >= 11 is 0. The number of fused-ring (bicyclic) bond motifs is 1. The van der Waals surface area contributed by atoms with Gasteiger partial charge in [0, 0.05) is 29.2 Å². The van der Waals surface area contributed by atoms with Gasteiger partial charge < -0.3 is 30.8 Å². The lowest BCUT2D eigenvalue weighted by Gasteiger charge is -2.35. The number of ether oxygens (including phenoxy) is 1. The van der Waals surface area contributed by atoms with Crippen LogP contribution in [0.3, 0.4) is 0 Å². The Morgan fingerprint density at radius 3 is 2.78 bits per heavy atom. The van der Waals surface area contributed by atoms with Crippen LogP contribution in [0.25, 0.3) is 10.8 Å². The monoisotopic (exact) mass is 448 g/mol. The molecule has 2 heterocycles. The van der Waals surface area contributed by atoms with Crippen molar-refractivity contribution in [2.75, 3.05) is 29.1 Å². The van der Waals surface area contributed by atoms with Crippen molar-refractivity contribution in [1.82, 2.24) is 4.98 Å². The Bertz CT molecular complexity index is 1180. The van der Waals surface area contributed by atoms with Gasteiger partial charge in [0.25, 0.3) is 11.8 Å². The number of amides is 2. The number of rotatable bonds is 4. The Hall–Kier alpha value is -3.57. The largest absolute Gasteiger partial charge is 0.418 e. The molecule has 0 saturated carbocycles. The molecular weight excluding hydrogens is 429 g/mol. The number of carbonyl (C=O) groups is 2. The quantitative estimate of drug-likeness (QED) is 0.489. The van der Waals surface area contributed by atoms with Gasteiger partial charge in [0.15, 0.2) is 12.2 Å². The molecule has 2 atom stereocenters. The zero-order valence-electron chi connectivity index (χ0n) is 16.5. The van der Waals surface area contributed by atoms with E-state index in [-0.39, 0.29) is 18.8 Å². The molecule has 1 aromatic heterocycles. The van der Waals surface area contributed by atoms with Crippen molar-refractivity contribution < 1.29 is 32.6 Å². The molecule has 5 N–H and O–H groups in total. The first-order valence-corrected chi connectivity index (χ1v) is 9.61. The molecule has 8 nitrogen and oxygen atoms in total.